The van der Waals surface area contributed by atoms with Crippen LogP contribution in [0.5, 0.6) is 0 Å². The molecule has 2 amide bonds. The van der Waals surface area contributed by atoms with E-state index in [9.17, 15) is 14.4 Å². The van der Waals surface area contributed by atoms with Crippen LogP contribution in [0.25, 0.3) is 0 Å². The first-order chi connectivity index (χ1) is 13.3. The zero-order valence-electron chi connectivity index (χ0n) is 15.5. The van der Waals surface area contributed by atoms with Gasteiger partial charge in [-0.2, -0.15) is 0 Å². The van der Waals surface area contributed by atoms with Crippen LogP contribution in [0.4, 0.5) is 11.4 Å². The summed E-state index contributed by atoms with van der Waals surface area (Å²) in [7, 11) is 0. The van der Waals surface area contributed by atoms with E-state index in [0.717, 1.165) is 10.5 Å². The molecule has 0 fully saturated rings. The van der Waals surface area contributed by atoms with E-state index < -0.39 is 5.97 Å². The van der Waals surface area contributed by atoms with Gasteiger partial charge >= 0.3 is 5.97 Å². The van der Waals surface area contributed by atoms with Crippen molar-refractivity contribution in [1.29, 1.82) is 0 Å². The van der Waals surface area contributed by atoms with Crippen molar-refractivity contribution in [3.63, 3.8) is 0 Å². The van der Waals surface area contributed by atoms with E-state index in [2.05, 4.69) is 10.6 Å². The third kappa shape index (κ3) is 6.58. The van der Waals surface area contributed by atoms with Crippen LogP contribution in [0, 0.1) is 6.92 Å². The third-order valence-corrected chi connectivity index (χ3v) is 5.43. The van der Waals surface area contributed by atoms with Crippen molar-refractivity contribution in [1.82, 2.24) is 0 Å². The molecule has 0 saturated carbocycles. The summed E-state index contributed by atoms with van der Waals surface area (Å²) >= 11 is 7.46. The molecule has 0 spiro atoms. The highest BCUT2D eigenvalue weighted by molar-refractivity contribution is 8.00. The summed E-state index contributed by atoms with van der Waals surface area (Å²) in [6.45, 7) is 3.65. The molecule has 0 bridgehead atoms. The average molecular weight is 421 g/mol. The lowest BCUT2D eigenvalue weighted by molar-refractivity contribution is -0.138. The van der Waals surface area contributed by atoms with Crippen LogP contribution in [0.1, 0.15) is 25.3 Å². The van der Waals surface area contributed by atoms with E-state index in [0.29, 0.717) is 16.4 Å². The van der Waals surface area contributed by atoms with Gasteiger partial charge in [-0.25, -0.2) is 0 Å². The van der Waals surface area contributed by atoms with Crippen LogP contribution in [-0.2, 0) is 14.4 Å². The van der Waals surface area contributed by atoms with Crippen molar-refractivity contribution in [3.8, 4) is 0 Å². The minimum atomic E-state index is -1.01. The molecule has 148 valence electrons. The number of aliphatic carboxylic acids is 1. The Bertz CT molecular complexity index is 871. The molecule has 0 aromatic heterocycles. The molecule has 8 heteroatoms. The molecule has 28 heavy (non-hydrogen) atoms. The van der Waals surface area contributed by atoms with Gasteiger partial charge < -0.3 is 15.7 Å². The maximum atomic E-state index is 12.4. The summed E-state index contributed by atoms with van der Waals surface area (Å²) in [5.74, 6) is -1.50. The van der Waals surface area contributed by atoms with Crippen molar-refractivity contribution in [2.75, 3.05) is 10.6 Å². The summed E-state index contributed by atoms with van der Waals surface area (Å²) in [6, 6.07) is 12.4. The number of nitrogens with one attached hydrogen (secondary N) is 2. The van der Waals surface area contributed by atoms with Crippen LogP contribution in [0.15, 0.2) is 47.4 Å². The van der Waals surface area contributed by atoms with Crippen molar-refractivity contribution in [2.24, 2.45) is 0 Å². The number of anilines is 2. The van der Waals surface area contributed by atoms with Crippen LogP contribution in [0.2, 0.25) is 5.02 Å². The van der Waals surface area contributed by atoms with Gasteiger partial charge in [0.1, 0.15) is 0 Å². The summed E-state index contributed by atoms with van der Waals surface area (Å²) < 4.78 is 0. The zero-order chi connectivity index (χ0) is 20.7. The summed E-state index contributed by atoms with van der Waals surface area (Å²) in [6.07, 6.45) is -0.287. The van der Waals surface area contributed by atoms with Gasteiger partial charge in [0.2, 0.25) is 11.8 Å². The molecule has 0 aliphatic carbocycles. The Morgan fingerprint density at radius 1 is 1.07 bits per heavy atom. The van der Waals surface area contributed by atoms with E-state index in [1.807, 2.05) is 13.8 Å². The largest absolute Gasteiger partial charge is 0.481 e. The summed E-state index contributed by atoms with van der Waals surface area (Å²) in [4.78, 5) is 35.4. The van der Waals surface area contributed by atoms with Crippen molar-refractivity contribution < 1.29 is 19.5 Å². The predicted octanol–water partition coefficient (Wildman–Crippen LogP) is 4.57. The molecule has 0 radical (unpaired) electrons. The number of benzene rings is 2. The third-order valence-electron chi connectivity index (χ3n) is 3.91. The first kappa shape index (κ1) is 21.8. The van der Waals surface area contributed by atoms with Gasteiger partial charge in [0.05, 0.1) is 11.7 Å². The Kier molecular flexibility index (Phi) is 7.90. The van der Waals surface area contributed by atoms with Gasteiger partial charge in [-0.3, -0.25) is 14.4 Å². The van der Waals surface area contributed by atoms with Gasteiger partial charge in [-0.15, -0.1) is 11.8 Å². The highest BCUT2D eigenvalue weighted by Crippen LogP contribution is 2.27. The number of carboxylic acids is 1. The van der Waals surface area contributed by atoms with E-state index in [-0.39, 0.29) is 29.9 Å². The lowest BCUT2D eigenvalue weighted by atomic mass is 10.2. The van der Waals surface area contributed by atoms with E-state index >= 15 is 0 Å². The molecule has 2 aromatic carbocycles. The van der Waals surface area contributed by atoms with Gasteiger partial charge in [0.15, 0.2) is 0 Å². The average Bonchev–Trinajstić information content (AvgIpc) is 2.65. The normalized spacial score (nSPS) is 11.5. The lowest BCUT2D eigenvalue weighted by Crippen LogP contribution is -2.22. The molecule has 0 aliphatic heterocycles. The smallest absolute Gasteiger partial charge is 0.303 e. The monoisotopic (exact) mass is 420 g/mol. The maximum absolute atomic E-state index is 12.4. The van der Waals surface area contributed by atoms with Crippen molar-refractivity contribution >= 4 is 52.5 Å². The first-order valence-corrected chi connectivity index (χ1v) is 9.86. The minimum absolute atomic E-state index is 0.0774. The first-order valence-electron chi connectivity index (χ1n) is 8.60. The number of carboxylic acid groups (broad SMARTS) is 1. The Hall–Kier alpha value is -2.51. The zero-order valence-corrected chi connectivity index (χ0v) is 17.1. The van der Waals surface area contributed by atoms with Crippen LogP contribution < -0.4 is 10.6 Å². The number of thioether (sulfide) groups is 1. The number of amides is 2. The predicted molar refractivity (Wildman–Crippen MR) is 112 cm³/mol. The van der Waals surface area contributed by atoms with Gasteiger partial charge in [0.25, 0.3) is 0 Å². The highest BCUT2D eigenvalue weighted by Gasteiger charge is 2.16. The van der Waals surface area contributed by atoms with E-state index in [1.54, 1.807) is 42.5 Å². The molecule has 6 nitrogen and oxygen atoms in total. The minimum Gasteiger partial charge on any atom is -0.481 e. The Labute approximate surface area is 172 Å². The fourth-order valence-corrected chi connectivity index (χ4v) is 3.34. The fourth-order valence-electron chi connectivity index (χ4n) is 2.30. The van der Waals surface area contributed by atoms with Crippen LogP contribution in [-0.4, -0.2) is 28.1 Å². The van der Waals surface area contributed by atoms with Crippen molar-refractivity contribution in [2.45, 2.75) is 36.8 Å². The van der Waals surface area contributed by atoms with Gasteiger partial charge in [-0.05, 0) is 55.8 Å². The molecule has 3 N–H and O–H groups in total. The van der Waals surface area contributed by atoms with Crippen molar-refractivity contribution in [3.05, 3.63) is 53.1 Å². The summed E-state index contributed by atoms with van der Waals surface area (Å²) in [5.41, 5.74) is 2.08. The summed E-state index contributed by atoms with van der Waals surface area (Å²) in [5, 5.41) is 14.4. The number of carbonyl (C=O) groups is 3. The standard InChI is InChI=1S/C20H21ClN2O4S/c1-12-16(21)4-3-5-17(12)23-20(27)13(2)28-15-8-6-14(7-9-15)22-18(24)10-11-19(25)26/h3-9,13H,10-11H2,1-2H3,(H,22,24)(H,23,27)(H,25,26). The van der Waals surface area contributed by atoms with Gasteiger partial charge in [0, 0.05) is 27.7 Å². The molecular formula is C20H21ClN2O4S. The Balaban J connectivity index is 1.90. The molecule has 2 rings (SSSR count). The molecule has 1 atom stereocenters. The Morgan fingerprint density at radius 3 is 2.39 bits per heavy atom. The molecular weight excluding hydrogens is 400 g/mol. The van der Waals surface area contributed by atoms with E-state index in [4.69, 9.17) is 16.7 Å². The maximum Gasteiger partial charge on any atom is 0.303 e. The molecule has 2 aromatic rings. The SMILES string of the molecule is Cc1c(Cl)cccc1NC(=O)C(C)Sc1ccc(NC(=O)CCC(=O)O)cc1. The van der Waals surface area contributed by atoms with Gasteiger partial charge in [-0.1, -0.05) is 17.7 Å². The molecule has 0 saturated heterocycles. The number of hydrogen-bond donors (Lipinski definition) is 3. The second-order valence-corrected chi connectivity index (χ2v) is 7.95. The highest BCUT2D eigenvalue weighted by atomic mass is 35.5. The van der Waals surface area contributed by atoms with E-state index in [1.165, 1.54) is 11.8 Å². The topological polar surface area (TPSA) is 95.5 Å². The molecule has 0 aliphatic rings. The van der Waals surface area contributed by atoms with Crippen LogP contribution >= 0.6 is 23.4 Å². The second kappa shape index (κ2) is 10.1. The number of halogens is 1. The molecule has 1 unspecified atom stereocenters. The second-order valence-electron chi connectivity index (χ2n) is 6.13. The number of hydrogen-bond acceptors (Lipinski definition) is 4. The number of carbonyl (C=O) groups excluding carboxylic acids is 2. The number of rotatable bonds is 8. The van der Waals surface area contributed by atoms with Crippen LogP contribution in [0.3, 0.4) is 0 Å². The lowest BCUT2D eigenvalue weighted by Gasteiger charge is -2.14. The quantitative estimate of drug-likeness (QED) is 0.543. The Morgan fingerprint density at radius 2 is 1.75 bits per heavy atom. The fraction of sp³-hybridized carbons (Fsp3) is 0.250. The molecule has 0 heterocycles.